The highest BCUT2D eigenvalue weighted by Gasteiger charge is 2.23. The predicted molar refractivity (Wildman–Crippen MR) is 114 cm³/mol. The number of hydrogen-bond donors (Lipinski definition) is 3. The van der Waals surface area contributed by atoms with Crippen molar-refractivity contribution in [3.05, 3.63) is 66.7 Å². The molecule has 0 radical (unpaired) electrons. The number of rotatable bonds is 5. The van der Waals surface area contributed by atoms with Crippen LogP contribution in [-0.4, -0.2) is 13.6 Å². The number of benzene rings is 3. The Kier molecular flexibility index (Phi) is 4.65. The second-order valence-electron chi connectivity index (χ2n) is 6.90. The van der Waals surface area contributed by atoms with Crippen molar-refractivity contribution >= 4 is 33.1 Å². The van der Waals surface area contributed by atoms with Gasteiger partial charge in [-0.3, -0.25) is 0 Å². The minimum Gasteiger partial charge on any atom is -0.399 e. The molecule has 0 saturated carbocycles. The zero-order chi connectivity index (χ0) is 18.8. The third kappa shape index (κ3) is 3.20. The minimum absolute atomic E-state index is 0.774. The Hall–Kier alpha value is -3.11. The fourth-order valence-electron chi connectivity index (χ4n) is 3.81. The van der Waals surface area contributed by atoms with E-state index in [1.54, 1.807) is 0 Å². The molecule has 4 heteroatoms. The molecule has 0 amide bonds. The van der Waals surface area contributed by atoms with E-state index in [-0.39, 0.29) is 0 Å². The van der Waals surface area contributed by atoms with Gasteiger partial charge >= 0.3 is 0 Å². The van der Waals surface area contributed by atoms with Crippen molar-refractivity contribution in [3.8, 4) is 11.3 Å². The van der Waals surface area contributed by atoms with Crippen LogP contribution in [0, 0.1) is 0 Å². The predicted octanol–water partition coefficient (Wildman–Crippen LogP) is 3.72. The van der Waals surface area contributed by atoms with Crippen molar-refractivity contribution < 1.29 is 4.57 Å². The van der Waals surface area contributed by atoms with E-state index in [9.17, 15) is 0 Å². The highest BCUT2D eigenvalue weighted by Crippen LogP contribution is 2.33. The Morgan fingerprint density at radius 1 is 0.815 bits per heavy atom. The van der Waals surface area contributed by atoms with Gasteiger partial charge in [-0.1, -0.05) is 24.3 Å². The van der Waals surface area contributed by atoms with Gasteiger partial charge in [0.1, 0.15) is 0 Å². The summed E-state index contributed by atoms with van der Waals surface area (Å²) in [5.41, 5.74) is 17.4. The molecular weight excluding hydrogens is 332 g/mol. The van der Waals surface area contributed by atoms with E-state index in [0.717, 1.165) is 36.4 Å². The number of nitrogens with one attached hydrogen (secondary N) is 1. The molecule has 0 bridgehead atoms. The first kappa shape index (κ1) is 17.3. The van der Waals surface area contributed by atoms with Gasteiger partial charge in [-0.05, 0) is 43.4 Å². The summed E-state index contributed by atoms with van der Waals surface area (Å²) in [6.45, 7) is 1.86. The lowest BCUT2D eigenvalue weighted by Gasteiger charge is -2.13. The minimum atomic E-state index is 0.774. The summed E-state index contributed by atoms with van der Waals surface area (Å²) in [4.78, 5) is 0. The normalized spacial score (nSPS) is 11.3. The lowest BCUT2D eigenvalue weighted by atomic mass is 9.98. The molecule has 0 fully saturated rings. The standard InChI is InChI=1S/C23H24N4/c1-26-12-5-13-27-22-15-18(25)9-11-20(22)19-10-8-17(24)14-21(19)23(27)16-6-3-2-4-7-16/h2-4,6-11,14-15,25-26H,5,12-13,24H2,1H3/p+1. The van der Waals surface area contributed by atoms with E-state index in [4.69, 9.17) is 11.5 Å². The Morgan fingerprint density at radius 2 is 1.52 bits per heavy atom. The van der Waals surface area contributed by atoms with Crippen LogP contribution in [0.4, 0.5) is 11.4 Å². The Labute approximate surface area is 159 Å². The van der Waals surface area contributed by atoms with Gasteiger partial charge in [-0.2, -0.15) is 4.57 Å². The molecule has 27 heavy (non-hydrogen) atoms. The molecule has 0 aliphatic rings. The summed E-state index contributed by atoms with van der Waals surface area (Å²) < 4.78 is 2.39. The molecular formula is C23H25N4+. The highest BCUT2D eigenvalue weighted by atomic mass is 15.0. The molecule has 4 rings (SSSR count). The van der Waals surface area contributed by atoms with Crippen molar-refractivity contribution in [1.82, 2.24) is 5.32 Å². The van der Waals surface area contributed by atoms with Gasteiger partial charge in [0, 0.05) is 41.4 Å². The first-order chi connectivity index (χ1) is 13.2. The highest BCUT2D eigenvalue weighted by molar-refractivity contribution is 6.10. The second kappa shape index (κ2) is 7.25. The van der Waals surface area contributed by atoms with Crippen LogP contribution in [0.25, 0.3) is 32.9 Å². The topological polar surface area (TPSA) is 68.0 Å². The van der Waals surface area contributed by atoms with Crippen molar-refractivity contribution in [2.45, 2.75) is 13.0 Å². The Balaban J connectivity index is 2.13. The number of hydrogen-bond acceptors (Lipinski definition) is 3. The van der Waals surface area contributed by atoms with E-state index in [0.29, 0.717) is 0 Å². The number of fused-ring (bicyclic) bond motifs is 3. The zero-order valence-corrected chi connectivity index (χ0v) is 15.6. The van der Waals surface area contributed by atoms with Crippen LogP contribution in [-0.2, 0) is 6.54 Å². The first-order valence-corrected chi connectivity index (χ1v) is 9.33. The number of nitrogen functional groups attached to an aromatic ring is 2. The van der Waals surface area contributed by atoms with E-state index in [1.807, 2.05) is 25.2 Å². The van der Waals surface area contributed by atoms with Gasteiger partial charge in [0.25, 0.3) is 0 Å². The molecule has 5 N–H and O–H groups in total. The molecule has 4 nitrogen and oxygen atoms in total. The average Bonchev–Trinajstić information content (AvgIpc) is 2.68. The number of anilines is 2. The average molecular weight is 357 g/mol. The van der Waals surface area contributed by atoms with Gasteiger partial charge in [0.15, 0.2) is 6.54 Å². The quantitative estimate of drug-likeness (QED) is 0.221. The van der Waals surface area contributed by atoms with E-state index in [2.05, 4.69) is 58.4 Å². The largest absolute Gasteiger partial charge is 0.399 e. The van der Waals surface area contributed by atoms with Crippen LogP contribution in [0.2, 0.25) is 0 Å². The first-order valence-electron chi connectivity index (χ1n) is 9.33. The maximum atomic E-state index is 6.17. The molecule has 0 saturated heterocycles. The van der Waals surface area contributed by atoms with E-state index in [1.165, 1.54) is 27.4 Å². The van der Waals surface area contributed by atoms with E-state index < -0.39 is 0 Å². The molecule has 4 aromatic rings. The number of nitrogens with zero attached hydrogens (tertiary/aromatic N) is 1. The van der Waals surface area contributed by atoms with Crippen molar-refractivity contribution in [2.24, 2.45) is 0 Å². The monoisotopic (exact) mass is 357 g/mol. The molecule has 0 spiro atoms. The SMILES string of the molecule is CNCCC[n+]1c(-c2ccccc2)c2cc(N)ccc2c2ccc(N)cc21. The summed E-state index contributed by atoms with van der Waals surface area (Å²) in [6, 6.07) is 22.9. The Bertz CT molecular complexity index is 1100. The van der Waals surface area contributed by atoms with Crippen LogP contribution < -0.4 is 21.4 Å². The maximum absolute atomic E-state index is 6.17. The number of aromatic nitrogens is 1. The molecule has 0 aliphatic heterocycles. The van der Waals surface area contributed by atoms with Gasteiger partial charge in [-0.25, -0.2) is 0 Å². The molecule has 1 heterocycles. The summed E-state index contributed by atoms with van der Waals surface area (Å²) in [5, 5.41) is 6.81. The van der Waals surface area contributed by atoms with E-state index >= 15 is 0 Å². The van der Waals surface area contributed by atoms with Crippen molar-refractivity contribution in [2.75, 3.05) is 25.1 Å². The van der Waals surface area contributed by atoms with Gasteiger partial charge < -0.3 is 16.8 Å². The molecule has 0 unspecified atom stereocenters. The number of nitrogens with two attached hydrogens (primary N) is 2. The fourth-order valence-corrected chi connectivity index (χ4v) is 3.81. The smallest absolute Gasteiger partial charge is 0.220 e. The third-order valence-corrected chi connectivity index (χ3v) is 5.03. The zero-order valence-electron chi connectivity index (χ0n) is 15.6. The van der Waals surface area contributed by atoms with Gasteiger partial charge in [0.05, 0.1) is 10.8 Å². The molecule has 3 aromatic carbocycles. The number of pyridine rings is 1. The third-order valence-electron chi connectivity index (χ3n) is 5.03. The fraction of sp³-hybridized carbons (Fsp3) is 0.174. The van der Waals surface area contributed by atoms with Gasteiger partial charge in [-0.15, -0.1) is 0 Å². The second-order valence-corrected chi connectivity index (χ2v) is 6.90. The van der Waals surface area contributed by atoms with Crippen LogP contribution in [0.1, 0.15) is 6.42 Å². The molecule has 0 atom stereocenters. The van der Waals surface area contributed by atoms with Crippen LogP contribution in [0.3, 0.4) is 0 Å². The lowest BCUT2D eigenvalue weighted by molar-refractivity contribution is -0.659. The van der Waals surface area contributed by atoms with Crippen LogP contribution in [0.5, 0.6) is 0 Å². The molecule has 0 aliphatic carbocycles. The summed E-state index contributed by atoms with van der Waals surface area (Å²) in [6.07, 6.45) is 1.03. The van der Waals surface area contributed by atoms with Crippen molar-refractivity contribution in [3.63, 3.8) is 0 Å². The molecule has 136 valence electrons. The summed E-state index contributed by atoms with van der Waals surface area (Å²) in [7, 11) is 1.99. The molecule has 1 aromatic heterocycles. The van der Waals surface area contributed by atoms with Gasteiger partial charge in [0.2, 0.25) is 11.2 Å². The maximum Gasteiger partial charge on any atom is 0.220 e. The summed E-state index contributed by atoms with van der Waals surface area (Å²) in [5.74, 6) is 0. The number of aryl methyl sites for hydroxylation is 1. The van der Waals surface area contributed by atoms with Crippen LogP contribution >= 0.6 is 0 Å². The van der Waals surface area contributed by atoms with Crippen molar-refractivity contribution in [1.29, 1.82) is 0 Å². The van der Waals surface area contributed by atoms with Crippen LogP contribution in [0.15, 0.2) is 66.7 Å². The lowest BCUT2D eigenvalue weighted by Crippen LogP contribution is -2.38. The summed E-state index contributed by atoms with van der Waals surface area (Å²) >= 11 is 0. The Morgan fingerprint density at radius 3 is 2.26 bits per heavy atom.